The predicted molar refractivity (Wildman–Crippen MR) is 80.2 cm³/mol. The van der Waals surface area contributed by atoms with Crippen LogP contribution in [0.1, 0.15) is 71.1 Å². The van der Waals surface area contributed by atoms with Crippen LogP contribution in [0.25, 0.3) is 0 Å². The molecule has 0 aromatic rings. The van der Waals surface area contributed by atoms with E-state index >= 15 is 0 Å². The third kappa shape index (κ3) is 4.87. The van der Waals surface area contributed by atoms with Gasteiger partial charge in [-0.1, -0.05) is 51.9 Å². The molecule has 0 aromatic carbocycles. The highest BCUT2D eigenvalue weighted by Crippen LogP contribution is 2.44. The standard InChI is InChI=1S/C17H30F3N/c1-2-21-16(12-13-8-4-3-5-9-13)14-10-6-7-11-15(14)17(18,19)20/h13-16,21H,2-12H2,1H3. The summed E-state index contributed by atoms with van der Waals surface area (Å²) in [5.41, 5.74) is 0. The second-order valence-electron chi connectivity index (χ2n) is 7.00. The van der Waals surface area contributed by atoms with Crippen molar-refractivity contribution in [3.63, 3.8) is 0 Å². The van der Waals surface area contributed by atoms with Crippen LogP contribution in [0.3, 0.4) is 0 Å². The fourth-order valence-corrected chi connectivity index (χ4v) is 4.50. The molecule has 124 valence electrons. The van der Waals surface area contributed by atoms with Crippen LogP contribution < -0.4 is 5.32 Å². The lowest BCUT2D eigenvalue weighted by Crippen LogP contribution is -2.46. The summed E-state index contributed by atoms with van der Waals surface area (Å²) >= 11 is 0. The van der Waals surface area contributed by atoms with Crippen molar-refractivity contribution in [3.8, 4) is 0 Å². The fraction of sp³-hybridized carbons (Fsp3) is 1.00. The zero-order chi connectivity index (χ0) is 15.3. The van der Waals surface area contributed by atoms with Gasteiger partial charge >= 0.3 is 6.18 Å². The van der Waals surface area contributed by atoms with Gasteiger partial charge in [0.05, 0.1) is 5.92 Å². The first-order chi connectivity index (χ1) is 10.0. The van der Waals surface area contributed by atoms with E-state index in [1.165, 1.54) is 32.1 Å². The molecule has 3 atom stereocenters. The van der Waals surface area contributed by atoms with Gasteiger partial charge in [0.2, 0.25) is 0 Å². The molecule has 0 saturated heterocycles. The SMILES string of the molecule is CCNC(CC1CCCCC1)C1CCCCC1C(F)(F)F. The van der Waals surface area contributed by atoms with Gasteiger partial charge in [-0.3, -0.25) is 0 Å². The smallest absolute Gasteiger partial charge is 0.314 e. The minimum atomic E-state index is -4.02. The Hall–Kier alpha value is -0.250. The third-order valence-corrected chi connectivity index (χ3v) is 5.53. The summed E-state index contributed by atoms with van der Waals surface area (Å²) in [6.07, 6.45) is 5.96. The summed E-state index contributed by atoms with van der Waals surface area (Å²) in [4.78, 5) is 0. The monoisotopic (exact) mass is 305 g/mol. The van der Waals surface area contributed by atoms with Crippen molar-refractivity contribution < 1.29 is 13.2 Å². The first-order valence-electron chi connectivity index (χ1n) is 8.82. The zero-order valence-corrected chi connectivity index (χ0v) is 13.2. The Morgan fingerprint density at radius 2 is 1.57 bits per heavy atom. The molecule has 2 saturated carbocycles. The second-order valence-corrected chi connectivity index (χ2v) is 7.00. The van der Waals surface area contributed by atoms with Crippen LogP contribution in [-0.4, -0.2) is 18.8 Å². The van der Waals surface area contributed by atoms with Crippen LogP contribution in [0.4, 0.5) is 13.2 Å². The molecule has 21 heavy (non-hydrogen) atoms. The molecular formula is C17H30F3N. The van der Waals surface area contributed by atoms with Crippen LogP contribution in [0.2, 0.25) is 0 Å². The maximum absolute atomic E-state index is 13.3. The Labute approximate surface area is 127 Å². The highest BCUT2D eigenvalue weighted by molar-refractivity contribution is 4.89. The van der Waals surface area contributed by atoms with Crippen LogP contribution in [-0.2, 0) is 0 Å². The van der Waals surface area contributed by atoms with Gasteiger partial charge < -0.3 is 5.32 Å². The van der Waals surface area contributed by atoms with E-state index in [1.54, 1.807) is 0 Å². The van der Waals surface area contributed by atoms with Gasteiger partial charge in [0.1, 0.15) is 0 Å². The predicted octanol–water partition coefficient (Wildman–Crippen LogP) is 5.30. The van der Waals surface area contributed by atoms with Crippen LogP contribution in [0, 0.1) is 17.8 Å². The molecule has 2 aliphatic rings. The van der Waals surface area contributed by atoms with Crippen molar-refractivity contribution in [2.24, 2.45) is 17.8 Å². The lowest BCUT2D eigenvalue weighted by molar-refractivity contribution is -0.199. The summed E-state index contributed by atoms with van der Waals surface area (Å²) in [6.45, 7) is 2.79. The molecular weight excluding hydrogens is 275 g/mol. The largest absolute Gasteiger partial charge is 0.392 e. The van der Waals surface area contributed by atoms with Crippen LogP contribution in [0.5, 0.6) is 0 Å². The Morgan fingerprint density at radius 3 is 2.19 bits per heavy atom. The summed E-state index contributed by atoms with van der Waals surface area (Å²) in [7, 11) is 0. The summed E-state index contributed by atoms with van der Waals surface area (Å²) in [5.74, 6) is -0.655. The number of nitrogens with one attached hydrogen (secondary N) is 1. The van der Waals surface area contributed by atoms with E-state index in [1.807, 2.05) is 6.92 Å². The normalized spacial score (nSPS) is 30.3. The quantitative estimate of drug-likeness (QED) is 0.726. The average molecular weight is 305 g/mol. The summed E-state index contributed by atoms with van der Waals surface area (Å²) in [6, 6.07) is 0.0602. The first kappa shape index (κ1) is 17.1. The van der Waals surface area contributed by atoms with Crippen molar-refractivity contribution in [3.05, 3.63) is 0 Å². The zero-order valence-electron chi connectivity index (χ0n) is 13.2. The van der Waals surface area contributed by atoms with E-state index in [2.05, 4.69) is 5.32 Å². The maximum atomic E-state index is 13.3. The average Bonchev–Trinajstić information content (AvgIpc) is 2.47. The lowest BCUT2D eigenvalue weighted by Gasteiger charge is -2.40. The summed E-state index contributed by atoms with van der Waals surface area (Å²) < 4.78 is 40.0. The van der Waals surface area contributed by atoms with Gasteiger partial charge in [-0.25, -0.2) is 0 Å². The summed E-state index contributed by atoms with van der Waals surface area (Å²) in [5, 5.41) is 3.40. The van der Waals surface area contributed by atoms with Gasteiger partial charge in [0.25, 0.3) is 0 Å². The Morgan fingerprint density at radius 1 is 0.952 bits per heavy atom. The molecule has 2 fully saturated rings. The van der Waals surface area contributed by atoms with Gasteiger partial charge in [0.15, 0.2) is 0 Å². The van der Waals surface area contributed by atoms with Crippen molar-refractivity contribution in [1.29, 1.82) is 0 Å². The van der Waals surface area contributed by atoms with E-state index in [-0.39, 0.29) is 12.0 Å². The number of hydrogen-bond donors (Lipinski definition) is 1. The topological polar surface area (TPSA) is 12.0 Å². The number of halogens is 3. The number of rotatable bonds is 5. The second kappa shape index (κ2) is 7.85. The molecule has 1 N–H and O–H groups in total. The van der Waals surface area contributed by atoms with E-state index in [0.29, 0.717) is 12.3 Å². The van der Waals surface area contributed by atoms with Crippen molar-refractivity contribution in [2.45, 2.75) is 83.4 Å². The Kier molecular flexibility index (Phi) is 6.39. The molecule has 0 radical (unpaired) electrons. The lowest BCUT2D eigenvalue weighted by atomic mass is 9.71. The van der Waals surface area contributed by atoms with E-state index in [0.717, 1.165) is 32.2 Å². The molecule has 2 rings (SSSR count). The van der Waals surface area contributed by atoms with Gasteiger partial charge in [0, 0.05) is 6.04 Å². The van der Waals surface area contributed by atoms with E-state index in [9.17, 15) is 13.2 Å². The van der Waals surface area contributed by atoms with Gasteiger partial charge in [-0.2, -0.15) is 13.2 Å². The highest BCUT2D eigenvalue weighted by atomic mass is 19.4. The third-order valence-electron chi connectivity index (χ3n) is 5.53. The molecule has 3 unspecified atom stereocenters. The number of alkyl halides is 3. The number of hydrogen-bond acceptors (Lipinski definition) is 1. The van der Waals surface area contributed by atoms with Gasteiger partial charge in [-0.05, 0) is 37.6 Å². The molecule has 0 bridgehead atoms. The molecule has 0 spiro atoms. The highest BCUT2D eigenvalue weighted by Gasteiger charge is 2.47. The molecule has 2 aliphatic carbocycles. The minimum Gasteiger partial charge on any atom is -0.314 e. The first-order valence-corrected chi connectivity index (χ1v) is 8.82. The molecule has 0 amide bonds. The molecule has 0 aromatic heterocycles. The van der Waals surface area contributed by atoms with Crippen LogP contribution in [0.15, 0.2) is 0 Å². The Bertz CT molecular complexity index is 297. The van der Waals surface area contributed by atoms with Crippen molar-refractivity contribution in [2.75, 3.05) is 6.54 Å². The molecule has 4 heteroatoms. The fourth-order valence-electron chi connectivity index (χ4n) is 4.50. The maximum Gasteiger partial charge on any atom is 0.392 e. The molecule has 0 aliphatic heterocycles. The minimum absolute atomic E-state index is 0.0602. The van der Waals surface area contributed by atoms with Crippen LogP contribution >= 0.6 is 0 Å². The molecule has 0 heterocycles. The van der Waals surface area contributed by atoms with Crippen molar-refractivity contribution >= 4 is 0 Å². The van der Waals surface area contributed by atoms with Crippen molar-refractivity contribution in [1.82, 2.24) is 5.32 Å². The van der Waals surface area contributed by atoms with E-state index in [4.69, 9.17) is 0 Å². The van der Waals surface area contributed by atoms with Gasteiger partial charge in [-0.15, -0.1) is 0 Å². The van der Waals surface area contributed by atoms with E-state index < -0.39 is 12.1 Å². The molecule has 1 nitrogen and oxygen atoms in total. The Balaban J connectivity index is 2.03.